The molecule has 0 N–H and O–H groups in total. The molecule has 1 heterocycles. The number of alkyl halides is 3. The van der Waals surface area contributed by atoms with Gasteiger partial charge in [-0.05, 0) is 38.9 Å². The molecule has 1 aliphatic rings. The van der Waals surface area contributed by atoms with Crippen molar-refractivity contribution in [1.82, 2.24) is 4.90 Å². The van der Waals surface area contributed by atoms with E-state index in [0.717, 1.165) is 32.2 Å². The highest BCUT2D eigenvalue weighted by Gasteiger charge is 2.27. The van der Waals surface area contributed by atoms with E-state index in [1.165, 1.54) is 0 Å². The number of carbonyl (C=O) groups excluding carboxylic acids is 1. The summed E-state index contributed by atoms with van der Waals surface area (Å²) in [6, 6.07) is 0. The van der Waals surface area contributed by atoms with Gasteiger partial charge >= 0.3 is 6.18 Å². The highest BCUT2D eigenvalue weighted by Crippen LogP contribution is 2.22. The normalized spacial score (nSPS) is 20.5. The summed E-state index contributed by atoms with van der Waals surface area (Å²) in [6.45, 7) is 1.99. The Morgan fingerprint density at radius 1 is 1.27 bits per heavy atom. The van der Waals surface area contributed by atoms with Crippen LogP contribution in [0.25, 0.3) is 0 Å². The Morgan fingerprint density at radius 2 is 1.87 bits per heavy atom. The highest BCUT2D eigenvalue weighted by molar-refractivity contribution is 5.53. The van der Waals surface area contributed by atoms with Gasteiger partial charge in [-0.25, -0.2) is 0 Å². The molecule has 0 aliphatic carbocycles. The number of halogens is 3. The average molecular weight is 223 g/mol. The first-order valence-electron chi connectivity index (χ1n) is 5.25. The van der Waals surface area contributed by atoms with Crippen molar-refractivity contribution in [1.29, 1.82) is 0 Å². The quantitative estimate of drug-likeness (QED) is 0.681. The van der Waals surface area contributed by atoms with Crippen LogP contribution in [0.5, 0.6) is 0 Å². The van der Waals surface area contributed by atoms with Crippen molar-refractivity contribution >= 4 is 6.29 Å². The van der Waals surface area contributed by atoms with Gasteiger partial charge < -0.3 is 9.69 Å². The van der Waals surface area contributed by atoms with Gasteiger partial charge in [0.05, 0.1) is 0 Å². The summed E-state index contributed by atoms with van der Waals surface area (Å²) in [5.41, 5.74) is 0. The van der Waals surface area contributed by atoms with E-state index in [4.69, 9.17) is 0 Å². The minimum Gasteiger partial charge on any atom is -0.303 e. The molecule has 1 rings (SSSR count). The molecule has 0 spiro atoms. The largest absolute Gasteiger partial charge is 0.389 e. The fourth-order valence-electron chi connectivity index (χ4n) is 1.82. The monoisotopic (exact) mass is 223 g/mol. The van der Waals surface area contributed by atoms with Crippen LogP contribution in [0, 0.1) is 5.92 Å². The minimum atomic E-state index is -4.04. The van der Waals surface area contributed by atoms with E-state index in [9.17, 15) is 18.0 Å². The van der Waals surface area contributed by atoms with Crippen LogP contribution in [0.1, 0.15) is 25.7 Å². The molecule has 5 heteroatoms. The van der Waals surface area contributed by atoms with Crippen molar-refractivity contribution < 1.29 is 18.0 Å². The van der Waals surface area contributed by atoms with Gasteiger partial charge in [-0.2, -0.15) is 13.2 Å². The van der Waals surface area contributed by atoms with Crippen LogP contribution in [-0.2, 0) is 4.79 Å². The molecule has 0 saturated carbocycles. The Bertz CT molecular complexity index is 197. The summed E-state index contributed by atoms with van der Waals surface area (Å²) in [4.78, 5) is 12.5. The number of nitrogens with zero attached hydrogens (tertiary/aromatic N) is 1. The molecular weight excluding hydrogens is 207 g/mol. The number of piperidine rings is 1. The van der Waals surface area contributed by atoms with E-state index in [2.05, 4.69) is 0 Å². The predicted molar refractivity (Wildman–Crippen MR) is 50.5 cm³/mol. The third kappa shape index (κ3) is 5.16. The van der Waals surface area contributed by atoms with Crippen molar-refractivity contribution in [2.45, 2.75) is 31.9 Å². The number of aldehydes is 1. The molecule has 0 aromatic heterocycles. The van der Waals surface area contributed by atoms with Gasteiger partial charge in [0.1, 0.15) is 6.29 Å². The van der Waals surface area contributed by atoms with Gasteiger partial charge in [0.2, 0.25) is 0 Å². The van der Waals surface area contributed by atoms with Crippen LogP contribution >= 0.6 is 0 Å². The first-order valence-corrected chi connectivity index (χ1v) is 5.25. The number of carbonyl (C=O) groups is 1. The Hall–Kier alpha value is -0.580. The predicted octanol–water partition coefficient (Wildman–Crippen LogP) is 2.24. The zero-order chi connectivity index (χ0) is 11.3. The molecule has 0 bridgehead atoms. The first kappa shape index (κ1) is 12.5. The summed E-state index contributed by atoms with van der Waals surface area (Å²) in [6.07, 6.45) is -2.06. The Morgan fingerprint density at radius 3 is 2.33 bits per heavy atom. The number of likely N-dealkylation sites (tertiary alicyclic amines) is 1. The fourth-order valence-corrected chi connectivity index (χ4v) is 1.82. The lowest BCUT2D eigenvalue weighted by molar-refractivity contribution is -0.136. The van der Waals surface area contributed by atoms with Gasteiger partial charge in [-0.1, -0.05) is 0 Å². The number of rotatable bonds is 4. The molecule has 0 aromatic carbocycles. The number of hydrogen-bond acceptors (Lipinski definition) is 2. The van der Waals surface area contributed by atoms with Crippen molar-refractivity contribution in [3.05, 3.63) is 0 Å². The number of hydrogen-bond donors (Lipinski definition) is 0. The summed E-state index contributed by atoms with van der Waals surface area (Å²) < 4.78 is 35.6. The van der Waals surface area contributed by atoms with Gasteiger partial charge in [-0.3, -0.25) is 0 Å². The fraction of sp³-hybridized carbons (Fsp3) is 0.900. The summed E-state index contributed by atoms with van der Waals surface area (Å²) in [5, 5.41) is 0. The second-order valence-electron chi connectivity index (χ2n) is 4.03. The molecule has 1 saturated heterocycles. The third-order valence-electron chi connectivity index (χ3n) is 2.76. The van der Waals surface area contributed by atoms with E-state index in [0.29, 0.717) is 6.54 Å². The van der Waals surface area contributed by atoms with Crippen LogP contribution in [0.15, 0.2) is 0 Å². The van der Waals surface area contributed by atoms with Crippen LogP contribution < -0.4 is 0 Å². The van der Waals surface area contributed by atoms with Crippen molar-refractivity contribution in [3.8, 4) is 0 Å². The Labute approximate surface area is 87.4 Å². The molecule has 15 heavy (non-hydrogen) atoms. The van der Waals surface area contributed by atoms with E-state index in [1.54, 1.807) is 0 Å². The van der Waals surface area contributed by atoms with Gasteiger partial charge in [0.25, 0.3) is 0 Å². The summed E-state index contributed by atoms with van der Waals surface area (Å²) in [7, 11) is 0. The van der Waals surface area contributed by atoms with E-state index < -0.39 is 12.6 Å². The Balaban J connectivity index is 2.11. The molecule has 0 amide bonds. The van der Waals surface area contributed by atoms with Gasteiger partial charge in [-0.15, -0.1) is 0 Å². The summed E-state index contributed by atoms with van der Waals surface area (Å²) in [5.74, 6) is 0.115. The molecule has 0 atom stereocenters. The minimum absolute atomic E-state index is 0.115. The zero-order valence-corrected chi connectivity index (χ0v) is 8.59. The molecule has 2 nitrogen and oxygen atoms in total. The first-order chi connectivity index (χ1) is 7.01. The van der Waals surface area contributed by atoms with E-state index in [1.807, 2.05) is 4.90 Å². The van der Waals surface area contributed by atoms with Crippen molar-refractivity contribution in [2.24, 2.45) is 5.92 Å². The summed E-state index contributed by atoms with van der Waals surface area (Å²) >= 11 is 0. The molecule has 88 valence electrons. The molecule has 1 fully saturated rings. The van der Waals surface area contributed by atoms with Crippen LogP contribution in [0.2, 0.25) is 0 Å². The maximum atomic E-state index is 11.9. The van der Waals surface area contributed by atoms with Crippen molar-refractivity contribution in [3.63, 3.8) is 0 Å². The van der Waals surface area contributed by atoms with Crippen LogP contribution in [0.3, 0.4) is 0 Å². The molecular formula is C10H16F3NO. The zero-order valence-electron chi connectivity index (χ0n) is 8.59. The third-order valence-corrected chi connectivity index (χ3v) is 2.76. The van der Waals surface area contributed by atoms with E-state index >= 15 is 0 Å². The lowest BCUT2D eigenvalue weighted by Crippen LogP contribution is -2.35. The van der Waals surface area contributed by atoms with Gasteiger partial charge in [0.15, 0.2) is 0 Å². The molecule has 0 radical (unpaired) electrons. The smallest absolute Gasteiger partial charge is 0.303 e. The van der Waals surface area contributed by atoms with Crippen LogP contribution in [-0.4, -0.2) is 37.0 Å². The lowest BCUT2D eigenvalue weighted by atomic mass is 9.98. The highest BCUT2D eigenvalue weighted by atomic mass is 19.4. The second kappa shape index (κ2) is 5.49. The SMILES string of the molecule is O=CC1CCN(CCCC(F)(F)F)CC1. The van der Waals surface area contributed by atoms with Crippen LogP contribution in [0.4, 0.5) is 13.2 Å². The Kier molecular flexibility index (Phi) is 4.57. The standard InChI is InChI=1S/C10H16F3NO/c11-10(12,13)4-1-5-14-6-2-9(8-15)3-7-14/h8-9H,1-7H2. The lowest BCUT2D eigenvalue weighted by Gasteiger charge is -2.29. The van der Waals surface area contributed by atoms with Crippen molar-refractivity contribution in [2.75, 3.05) is 19.6 Å². The molecule has 0 aromatic rings. The maximum Gasteiger partial charge on any atom is 0.389 e. The molecule has 0 unspecified atom stereocenters. The van der Waals surface area contributed by atoms with Gasteiger partial charge in [0, 0.05) is 12.3 Å². The van der Waals surface area contributed by atoms with E-state index in [-0.39, 0.29) is 12.3 Å². The average Bonchev–Trinajstić information content (AvgIpc) is 2.17. The maximum absolute atomic E-state index is 11.9. The molecule has 1 aliphatic heterocycles. The second-order valence-corrected chi connectivity index (χ2v) is 4.03. The topological polar surface area (TPSA) is 20.3 Å².